The number of hydrogen-bond donors (Lipinski definition) is 3. The van der Waals surface area contributed by atoms with Gasteiger partial charge in [-0.05, 0) is 18.6 Å². The molecular formula is C25H18F4N2O5. The number of fused-ring (bicyclic) bond motifs is 1. The van der Waals surface area contributed by atoms with Crippen LogP contribution in [0.5, 0.6) is 0 Å². The van der Waals surface area contributed by atoms with Crippen molar-refractivity contribution in [2.75, 3.05) is 17.2 Å². The quantitative estimate of drug-likeness (QED) is 0.338. The highest BCUT2D eigenvalue weighted by molar-refractivity contribution is 6.22. The van der Waals surface area contributed by atoms with Crippen LogP contribution in [0.1, 0.15) is 27.0 Å². The van der Waals surface area contributed by atoms with Crippen LogP contribution in [0, 0.1) is 30.2 Å². The van der Waals surface area contributed by atoms with Crippen LogP contribution in [0.25, 0.3) is 0 Å². The lowest BCUT2D eigenvalue weighted by Gasteiger charge is -2.36. The van der Waals surface area contributed by atoms with Crippen LogP contribution in [-0.2, 0) is 21.6 Å². The van der Waals surface area contributed by atoms with Crippen molar-refractivity contribution in [3.63, 3.8) is 0 Å². The topological polar surface area (TPSA) is 105 Å². The molecule has 36 heavy (non-hydrogen) atoms. The number of Topliss-reactive ketones (excluding diaryl/α,β-unsaturated/α-hetero) is 1. The molecule has 0 bridgehead atoms. The number of amides is 1. The van der Waals surface area contributed by atoms with Crippen molar-refractivity contribution in [1.82, 2.24) is 0 Å². The standard InChI is InChI=1S/C25H18F4N2O5/c1-12-19-17(9-16(28)21(12)29)30-11-25(22(19)32,23(33)34)20-15(27)7-14(26)8-18(20)31-24(35)36-10-13-5-3-2-4-6-13/h2-9,30H,10-11H2,1H3,(H,31,35)(H,33,34). The molecule has 4 rings (SSSR count). The molecule has 186 valence electrons. The van der Waals surface area contributed by atoms with Crippen LogP contribution < -0.4 is 10.6 Å². The number of carboxylic acid groups (broad SMARTS) is 1. The predicted octanol–water partition coefficient (Wildman–Crippen LogP) is 4.93. The molecule has 0 saturated carbocycles. The van der Waals surface area contributed by atoms with E-state index in [9.17, 15) is 32.7 Å². The van der Waals surface area contributed by atoms with Crippen LogP contribution in [0.2, 0.25) is 0 Å². The second-order valence-electron chi connectivity index (χ2n) is 8.11. The maximum Gasteiger partial charge on any atom is 0.411 e. The maximum absolute atomic E-state index is 15.2. The molecule has 3 N–H and O–H groups in total. The number of anilines is 2. The number of benzene rings is 3. The molecule has 3 aromatic rings. The monoisotopic (exact) mass is 502 g/mol. The lowest BCUT2D eigenvalue weighted by molar-refractivity contribution is -0.141. The highest BCUT2D eigenvalue weighted by Crippen LogP contribution is 2.43. The molecule has 1 aliphatic heterocycles. The van der Waals surface area contributed by atoms with E-state index in [1.165, 1.54) is 0 Å². The molecule has 1 amide bonds. The van der Waals surface area contributed by atoms with Crippen molar-refractivity contribution in [3.05, 3.63) is 94.1 Å². The molecule has 0 fully saturated rings. The van der Waals surface area contributed by atoms with E-state index in [-0.39, 0.29) is 12.3 Å². The Kier molecular flexibility index (Phi) is 6.40. The second-order valence-corrected chi connectivity index (χ2v) is 8.11. The first kappa shape index (κ1) is 24.7. The molecule has 1 unspecified atom stereocenters. The van der Waals surface area contributed by atoms with Crippen LogP contribution in [0.15, 0.2) is 48.5 Å². The van der Waals surface area contributed by atoms with E-state index in [4.69, 9.17) is 4.74 Å². The average Bonchev–Trinajstić information content (AvgIpc) is 2.82. The Morgan fingerprint density at radius 2 is 1.78 bits per heavy atom. The number of hydrogen-bond acceptors (Lipinski definition) is 5. The normalized spacial score (nSPS) is 16.6. The summed E-state index contributed by atoms with van der Waals surface area (Å²) in [6.07, 6.45) is -1.17. The number of carboxylic acids is 1. The van der Waals surface area contributed by atoms with Crippen LogP contribution in [0.4, 0.5) is 33.7 Å². The van der Waals surface area contributed by atoms with Crippen molar-refractivity contribution in [2.24, 2.45) is 0 Å². The van der Waals surface area contributed by atoms with Crippen molar-refractivity contribution < 1.29 is 41.8 Å². The number of nitrogens with one attached hydrogen (secondary N) is 2. The molecule has 3 aromatic carbocycles. The Hall–Kier alpha value is -4.41. The number of rotatable bonds is 5. The second kappa shape index (κ2) is 9.33. The highest BCUT2D eigenvalue weighted by atomic mass is 19.2. The van der Waals surface area contributed by atoms with E-state index in [1.54, 1.807) is 30.3 Å². The third kappa shape index (κ3) is 4.12. The van der Waals surface area contributed by atoms with Gasteiger partial charge in [0.25, 0.3) is 0 Å². The average molecular weight is 502 g/mol. The minimum atomic E-state index is -2.76. The summed E-state index contributed by atoms with van der Waals surface area (Å²) in [6.45, 7) is 0.0621. The Morgan fingerprint density at radius 1 is 1.08 bits per heavy atom. The predicted molar refractivity (Wildman–Crippen MR) is 120 cm³/mol. The molecular weight excluding hydrogens is 484 g/mol. The summed E-state index contributed by atoms with van der Waals surface area (Å²) in [5.74, 6) is -8.41. The van der Waals surface area contributed by atoms with E-state index in [1.807, 2.05) is 0 Å². The lowest BCUT2D eigenvalue weighted by atomic mass is 9.70. The van der Waals surface area contributed by atoms with Gasteiger partial charge in [0.15, 0.2) is 22.8 Å². The number of carbonyl (C=O) groups is 3. The lowest BCUT2D eigenvalue weighted by Crippen LogP contribution is -2.53. The molecule has 0 saturated heterocycles. The highest BCUT2D eigenvalue weighted by Gasteiger charge is 2.54. The third-order valence-electron chi connectivity index (χ3n) is 5.91. The summed E-state index contributed by atoms with van der Waals surface area (Å²) < 4.78 is 62.5. The largest absolute Gasteiger partial charge is 0.480 e. The molecule has 0 radical (unpaired) electrons. The van der Waals surface area contributed by atoms with E-state index >= 15 is 4.39 Å². The summed E-state index contributed by atoms with van der Waals surface area (Å²) >= 11 is 0. The summed E-state index contributed by atoms with van der Waals surface area (Å²) in [4.78, 5) is 38.5. The number of carbonyl (C=O) groups excluding carboxylic acids is 2. The zero-order valence-electron chi connectivity index (χ0n) is 18.6. The summed E-state index contributed by atoms with van der Waals surface area (Å²) in [5.41, 5.74) is -4.90. The van der Waals surface area contributed by atoms with E-state index in [0.717, 1.165) is 6.92 Å². The van der Waals surface area contributed by atoms with Crippen molar-refractivity contribution in [1.29, 1.82) is 0 Å². The van der Waals surface area contributed by atoms with Gasteiger partial charge < -0.3 is 15.2 Å². The minimum absolute atomic E-state index is 0.187. The Bertz CT molecular complexity index is 1400. The van der Waals surface area contributed by atoms with E-state index in [2.05, 4.69) is 10.6 Å². The first-order valence-corrected chi connectivity index (χ1v) is 10.5. The van der Waals surface area contributed by atoms with Gasteiger partial charge in [-0.3, -0.25) is 14.9 Å². The van der Waals surface area contributed by atoms with Gasteiger partial charge >= 0.3 is 12.1 Å². The number of aliphatic carboxylic acids is 1. The van der Waals surface area contributed by atoms with E-state index < -0.39 is 75.5 Å². The summed E-state index contributed by atoms with van der Waals surface area (Å²) in [7, 11) is 0. The fourth-order valence-electron chi connectivity index (χ4n) is 4.16. The third-order valence-corrected chi connectivity index (χ3v) is 5.91. The molecule has 0 spiro atoms. The van der Waals surface area contributed by atoms with Gasteiger partial charge in [-0.15, -0.1) is 0 Å². The summed E-state index contributed by atoms with van der Waals surface area (Å²) in [5, 5.41) is 14.8. The fourth-order valence-corrected chi connectivity index (χ4v) is 4.16. The Morgan fingerprint density at radius 3 is 2.44 bits per heavy atom. The van der Waals surface area contributed by atoms with Crippen molar-refractivity contribution in [3.8, 4) is 0 Å². The van der Waals surface area contributed by atoms with Gasteiger partial charge in [-0.2, -0.15) is 0 Å². The molecule has 1 aliphatic rings. The van der Waals surface area contributed by atoms with Gasteiger partial charge in [0.1, 0.15) is 18.2 Å². The Balaban J connectivity index is 1.79. The number of ether oxygens (including phenoxy) is 1. The zero-order valence-corrected chi connectivity index (χ0v) is 18.6. The van der Waals surface area contributed by atoms with E-state index in [0.29, 0.717) is 23.8 Å². The molecule has 1 atom stereocenters. The molecule has 1 heterocycles. The maximum atomic E-state index is 15.2. The number of halogens is 4. The number of ketones is 1. The summed E-state index contributed by atoms with van der Waals surface area (Å²) in [6, 6.07) is 10.1. The minimum Gasteiger partial charge on any atom is -0.480 e. The van der Waals surface area contributed by atoms with Crippen molar-refractivity contribution in [2.45, 2.75) is 18.9 Å². The first-order valence-electron chi connectivity index (χ1n) is 10.5. The van der Waals surface area contributed by atoms with Gasteiger partial charge in [-0.25, -0.2) is 22.4 Å². The van der Waals surface area contributed by atoms with Gasteiger partial charge in [0.05, 0.1) is 5.69 Å². The SMILES string of the molecule is Cc1c(F)c(F)cc2c1C(=O)C(C(=O)O)(c1c(F)cc(F)cc1NC(=O)OCc1ccccc1)CN2. The molecule has 0 aliphatic carbocycles. The zero-order chi connectivity index (χ0) is 26.2. The smallest absolute Gasteiger partial charge is 0.411 e. The van der Waals surface area contributed by atoms with Gasteiger partial charge in [0.2, 0.25) is 0 Å². The molecule has 11 heteroatoms. The Labute approximate surface area is 201 Å². The van der Waals surface area contributed by atoms with Crippen molar-refractivity contribution >= 4 is 29.2 Å². The van der Waals surface area contributed by atoms with Gasteiger partial charge in [0, 0.05) is 41.1 Å². The fraction of sp³-hybridized carbons (Fsp3) is 0.160. The first-order chi connectivity index (χ1) is 17.1. The molecule has 7 nitrogen and oxygen atoms in total. The van der Waals surface area contributed by atoms with Gasteiger partial charge in [-0.1, -0.05) is 30.3 Å². The van der Waals surface area contributed by atoms with Crippen LogP contribution in [0.3, 0.4) is 0 Å². The molecule has 0 aromatic heterocycles. The van der Waals surface area contributed by atoms with Crippen LogP contribution in [-0.4, -0.2) is 29.5 Å². The van der Waals surface area contributed by atoms with Crippen LogP contribution >= 0.6 is 0 Å².